The number of hydrogen-bond donors (Lipinski definition) is 2. The fourth-order valence-corrected chi connectivity index (χ4v) is 4.50. The van der Waals surface area contributed by atoms with Crippen LogP contribution >= 0.6 is 0 Å². The number of primary amides is 1. The van der Waals surface area contributed by atoms with Crippen molar-refractivity contribution in [2.24, 2.45) is 17.1 Å². The van der Waals surface area contributed by atoms with E-state index >= 15 is 0 Å². The number of methoxy groups -OCH3 is 1. The zero-order chi connectivity index (χ0) is 26.1. The maximum atomic E-state index is 13.7. The maximum Gasteiger partial charge on any atom is 0.394 e. The van der Waals surface area contributed by atoms with Crippen LogP contribution in [0.5, 0.6) is 5.75 Å². The summed E-state index contributed by atoms with van der Waals surface area (Å²) in [5, 5.41) is 0.238. The predicted molar refractivity (Wildman–Crippen MR) is 119 cm³/mol. The van der Waals surface area contributed by atoms with Crippen LogP contribution in [0.4, 0.5) is 22.0 Å². The molecule has 1 amide bonds. The largest absolute Gasteiger partial charge is 0.493 e. The fourth-order valence-electron chi connectivity index (χ4n) is 4.50. The quantitative estimate of drug-likeness (QED) is 0.494. The second kappa shape index (κ2) is 9.63. The number of carbonyl (C=O) groups excluding carboxylic acids is 1. The summed E-state index contributed by atoms with van der Waals surface area (Å²) in [6, 6.07) is 5.19. The molecular weight excluding hydrogens is 473 g/mol. The number of carbonyl (C=O) groups is 1. The van der Waals surface area contributed by atoms with Crippen molar-refractivity contribution in [1.82, 2.24) is 9.97 Å². The van der Waals surface area contributed by atoms with E-state index in [1.54, 1.807) is 13.0 Å². The van der Waals surface area contributed by atoms with Gasteiger partial charge in [0.05, 0.1) is 23.4 Å². The summed E-state index contributed by atoms with van der Waals surface area (Å²) in [4.78, 5) is 29.0. The Labute approximate surface area is 197 Å². The average molecular weight is 497 g/mol. The number of ether oxygens (including phenoxy) is 1. The van der Waals surface area contributed by atoms with Gasteiger partial charge < -0.3 is 15.5 Å². The first-order valence-corrected chi connectivity index (χ1v) is 10.7. The van der Waals surface area contributed by atoms with Crippen molar-refractivity contribution in [3.63, 3.8) is 0 Å². The minimum Gasteiger partial charge on any atom is -0.493 e. The summed E-state index contributed by atoms with van der Waals surface area (Å²) in [6.07, 6.45) is -1.28. The lowest BCUT2D eigenvalue weighted by Crippen LogP contribution is -2.37. The second-order valence-electron chi connectivity index (χ2n) is 8.73. The molecule has 6 nitrogen and oxygen atoms in total. The molecule has 3 N–H and O–H groups in total. The van der Waals surface area contributed by atoms with Crippen molar-refractivity contribution in [3.05, 3.63) is 69.8 Å². The topological polar surface area (TPSA) is 98.1 Å². The number of nitrogens with one attached hydrogen (secondary N) is 1. The molecule has 2 unspecified atom stereocenters. The minimum absolute atomic E-state index is 0.00403. The van der Waals surface area contributed by atoms with Crippen LogP contribution in [0.2, 0.25) is 0 Å². The highest BCUT2D eigenvalue weighted by molar-refractivity contribution is 6.03. The normalized spacial score (nSPS) is 21.9. The van der Waals surface area contributed by atoms with E-state index in [0.29, 0.717) is 11.1 Å². The molecule has 11 heteroatoms. The summed E-state index contributed by atoms with van der Waals surface area (Å²) >= 11 is 0. The van der Waals surface area contributed by atoms with Gasteiger partial charge in [-0.25, -0.2) is 4.39 Å². The van der Waals surface area contributed by atoms with E-state index in [-0.39, 0.29) is 35.1 Å². The lowest BCUT2D eigenvalue weighted by atomic mass is 9.80. The lowest BCUT2D eigenvalue weighted by Gasteiger charge is -2.31. The van der Waals surface area contributed by atoms with Gasteiger partial charge in [-0.3, -0.25) is 14.6 Å². The van der Waals surface area contributed by atoms with Gasteiger partial charge in [0, 0.05) is 24.0 Å². The molecule has 0 radical (unpaired) electrons. The molecule has 2 aromatic heterocycles. The van der Waals surface area contributed by atoms with Crippen LogP contribution in [0, 0.1) is 23.0 Å². The third-order valence-electron chi connectivity index (χ3n) is 6.67. The van der Waals surface area contributed by atoms with Crippen molar-refractivity contribution in [2.75, 3.05) is 7.11 Å². The Hall–Kier alpha value is -3.50. The molecular formula is C24H24F5N3O3. The Kier molecular flexibility index (Phi) is 7.18. The highest BCUT2D eigenvalue weighted by Gasteiger charge is 2.59. The van der Waals surface area contributed by atoms with Crippen LogP contribution in [0.1, 0.15) is 48.7 Å². The summed E-state index contributed by atoms with van der Waals surface area (Å²) in [5.74, 6) is -4.31. The molecule has 0 aliphatic heterocycles. The van der Waals surface area contributed by atoms with Gasteiger partial charge in [-0.2, -0.15) is 17.6 Å². The van der Waals surface area contributed by atoms with Gasteiger partial charge in [0.25, 0.3) is 5.91 Å². The minimum atomic E-state index is -4.33. The number of hydrogen-bond acceptors (Lipinski definition) is 4. The molecule has 2 heterocycles. The Morgan fingerprint density at radius 3 is 2.49 bits per heavy atom. The summed E-state index contributed by atoms with van der Waals surface area (Å²) in [5.41, 5.74) is 3.87. The molecule has 4 rings (SSSR count). The molecule has 188 valence electrons. The monoisotopic (exact) mass is 497 g/mol. The molecule has 35 heavy (non-hydrogen) atoms. The van der Waals surface area contributed by atoms with Gasteiger partial charge >= 0.3 is 6.18 Å². The van der Waals surface area contributed by atoms with Gasteiger partial charge in [0.15, 0.2) is 17.0 Å². The summed E-state index contributed by atoms with van der Waals surface area (Å²) in [6.45, 7) is 2.73. The zero-order valence-electron chi connectivity index (χ0n) is 19.2. The van der Waals surface area contributed by atoms with Crippen molar-refractivity contribution in [2.45, 2.75) is 38.8 Å². The number of fused-ring (bicyclic) bond motifs is 1. The van der Waals surface area contributed by atoms with Gasteiger partial charge in [-0.1, -0.05) is 19.9 Å². The van der Waals surface area contributed by atoms with E-state index in [1.165, 1.54) is 38.6 Å². The molecule has 0 bridgehead atoms. The number of nitrogens with zero attached hydrogens (tertiary/aromatic N) is 1. The molecule has 1 saturated carbocycles. The van der Waals surface area contributed by atoms with Gasteiger partial charge in [-0.15, -0.1) is 0 Å². The van der Waals surface area contributed by atoms with Crippen LogP contribution in [-0.2, 0) is 0 Å². The standard InChI is InChI=1S/C15H17F5O.C9H7N3O2/c1-8-6-9(7-14(8,2)15(18,19)20)10-4-5-11(16)12(17)13(10)21-3;10-9(14)8-7-5(1-3-12-8)11-4-2-6(7)13/h4-5,8-9H,6-7H2,1-3H3;1-4H,(H2,10,14)(H,11,13)/t8?,9?,14-;/m1./s1. The number of halogens is 5. The number of nitrogens with two attached hydrogens (primary N) is 1. The number of rotatable bonds is 3. The van der Waals surface area contributed by atoms with Crippen molar-refractivity contribution < 1.29 is 31.5 Å². The molecule has 1 aliphatic carbocycles. The van der Waals surface area contributed by atoms with Gasteiger partial charge in [0.1, 0.15) is 5.69 Å². The van der Waals surface area contributed by atoms with Crippen LogP contribution in [0.15, 0.2) is 41.5 Å². The number of aromatic nitrogens is 2. The average Bonchev–Trinajstić information content (AvgIpc) is 3.11. The molecule has 0 saturated heterocycles. The number of H-pyrrole nitrogens is 1. The SMILES string of the molecule is COc1c(C2CC(C)[C@](C)(C(F)(F)F)C2)ccc(F)c1F.NC(=O)c1nccc2[nH]ccc(=O)c12. The van der Waals surface area contributed by atoms with Crippen LogP contribution in [-0.4, -0.2) is 29.2 Å². The fraction of sp³-hybridized carbons (Fsp3) is 0.375. The van der Waals surface area contributed by atoms with Crippen molar-refractivity contribution in [1.29, 1.82) is 0 Å². The highest BCUT2D eigenvalue weighted by atomic mass is 19.4. The number of aromatic amines is 1. The van der Waals surface area contributed by atoms with Crippen molar-refractivity contribution in [3.8, 4) is 5.75 Å². The second-order valence-corrected chi connectivity index (χ2v) is 8.73. The first-order chi connectivity index (χ1) is 16.3. The number of pyridine rings is 2. The molecule has 0 spiro atoms. The van der Waals surface area contributed by atoms with Gasteiger partial charge in [-0.05, 0) is 36.8 Å². The molecule has 1 aromatic carbocycles. The van der Waals surface area contributed by atoms with E-state index < -0.39 is 41.0 Å². The van der Waals surface area contributed by atoms with E-state index in [1.807, 2.05) is 0 Å². The van der Waals surface area contributed by atoms with Crippen LogP contribution in [0.25, 0.3) is 10.9 Å². The third-order valence-corrected chi connectivity index (χ3v) is 6.67. The number of amides is 1. The smallest absolute Gasteiger partial charge is 0.394 e. The Bertz CT molecular complexity index is 1300. The van der Waals surface area contributed by atoms with E-state index in [0.717, 1.165) is 6.07 Å². The molecule has 1 aliphatic rings. The van der Waals surface area contributed by atoms with Crippen molar-refractivity contribution >= 4 is 16.8 Å². The zero-order valence-corrected chi connectivity index (χ0v) is 19.2. The summed E-state index contributed by atoms with van der Waals surface area (Å²) < 4.78 is 71.5. The van der Waals surface area contributed by atoms with Gasteiger partial charge in [0.2, 0.25) is 5.82 Å². The maximum absolute atomic E-state index is 13.7. The number of benzene rings is 1. The third kappa shape index (κ3) is 4.85. The van der Waals surface area contributed by atoms with E-state index in [2.05, 4.69) is 9.97 Å². The lowest BCUT2D eigenvalue weighted by molar-refractivity contribution is -0.228. The predicted octanol–water partition coefficient (Wildman–Crippen LogP) is 5.08. The molecule has 1 fully saturated rings. The Morgan fingerprint density at radius 2 is 1.91 bits per heavy atom. The first-order valence-electron chi connectivity index (χ1n) is 10.7. The highest BCUT2D eigenvalue weighted by Crippen LogP contribution is 2.59. The summed E-state index contributed by atoms with van der Waals surface area (Å²) in [7, 11) is 1.18. The number of alkyl halides is 3. The molecule has 3 aromatic rings. The van der Waals surface area contributed by atoms with E-state index in [4.69, 9.17) is 10.5 Å². The van der Waals surface area contributed by atoms with Crippen LogP contribution in [0.3, 0.4) is 0 Å². The Morgan fingerprint density at radius 1 is 1.23 bits per heavy atom. The Balaban J connectivity index is 0.000000211. The van der Waals surface area contributed by atoms with Crippen LogP contribution < -0.4 is 15.9 Å². The molecule has 3 atom stereocenters. The first kappa shape index (κ1) is 26.1. The van der Waals surface area contributed by atoms with E-state index in [9.17, 15) is 31.5 Å².